The smallest absolute Gasteiger partial charge is 0.204 e. The van der Waals surface area contributed by atoms with E-state index in [1.807, 2.05) is 37.4 Å². The molecule has 0 aliphatic carbocycles. The molecule has 0 amide bonds. The van der Waals surface area contributed by atoms with Gasteiger partial charge < -0.3 is 15.0 Å². The molecule has 2 N–H and O–H groups in total. The van der Waals surface area contributed by atoms with Crippen LogP contribution in [0.25, 0.3) is 22.6 Å². The lowest BCUT2D eigenvalue weighted by atomic mass is 10.2. The number of aryl methyl sites for hydroxylation is 1. The van der Waals surface area contributed by atoms with E-state index in [2.05, 4.69) is 20.2 Å². The molecular formula is C17H16N6O2. The first-order valence-electron chi connectivity index (χ1n) is 7.69. The number of nitrogens with zero attached hydrogens (tertiary/aromatic N) is 5. The molecule has 0 bridgehead atoms. The summed E-state index contributed by atoms with van der Waals surface area (Å²) >= 11 is 0. The van der Waals surface area contributed by atoms with E-state index < -0.39 is 0 Å². The number of nitrogen functional groups attached to an aromatic ring is 1. The Balaban J connectivity index is 1.71. The van der Waals surface area contributed by atoms with Crippen LogP contribution in [0, 0.1) is 6.92 Å². The lowest BCUT2D eigenvalue weighted by Gasteiger charge is -2.04. The molecule has 126 valence electrons. The molecule has 1 aromatic carbocycles. The molecule has 0 radical (unpaired) electrons. The summed E-state index contributed by atoms with van der Waals surface area (Å²) < 4.78 is 12.2. The zero-order chi connectivity index (χ0) is 17.4. The van der Waals surface area contributed by atoms with Gasteiger partial charge in [0.05, 0.1) is 24.7 Å². The Hall–Kier alpha value is -3.42. The molecule has 8 nitrogen and oxygen atoms in total. The van der Waals surface area contributed by atoms with Crippen LogP contribution in [-0.2, 0) is 6.54 Å². The number of fused-ring (bicyclic) bond motifs is 1. The predicted octanol–water partition coefficient (Wildman–Crippen LogP) is 2.43. The molecular weight excluding hydrogens is 320 g/mol. The van der Waals surface area contributed by atoms with Crippen LogP contribution >= 0.6 is 0 Å². The monoisotopic (exact) mass is 336 g/mol. The minimum Gasteiger partial charge on any atom is -0.497 e. The highest BCUT2D eigenvalue weighted by Gasteiger charge is 2.14. The van der Waals surface area contributed by atoms with Crippen LogP contribution in [0.2, 0.25) is 0 Å². The fourth-order valence-electron chi connectivity index (χ4n) is 2.59. The SMILES string of the molecule is COc1cccc(Cn2cc3c(N)nc(-c4cc(C)no4)nc3n2)c1. The molecule has 25 heavy (non-hydrogen) atoms. The minimum absolute atomic E-state index is 0.353. The summed E-state index contributed by atoms with van der Waals surface area (Å²) in [6.07, 6.45) is 1.83. The van der Waals surface area contributed by atoms with Crippen LogP contribution in [0.4, 0.5) is 5.82 Å². The van der Waals surface area contributed by atoms with Gasteiger partial charge >= 0.3 is 0 Å². The first kappa shape index (κ1) is 15.1. The van der Waals surface area contributed by atoms with Gasteiger partial charge in [0, 0.05) is 12.3 Å². The zero-order valence-electron chi connectivity index (χ0n) is 13.8. The number of aromatic nitrogens is 5. The molecule has 0 saturated carbocycles. The van der Waals surface area contributed by atoms with E-state index in [-0.39, 0.29) is 0 Å². The van der Waals surface area contributed by atoms with Crippen molar-refractivity contribution in [2.75, 3.05) is 12.8 Å². The van der Waals surface area contributed by atoms with Crippen molar-refractivity contribution in [3.63, 3.8) is 0 Å². The van der Waals surface area contributed by atoms with Gasteiger partial charge in [-0.25, -0.2) is 9.97 Å². The van der Waals surface area contributed by atoms with Crippen molar-refractivity contribution in [1.29, 1.82) is 0 Å². The van der Waals surface area contributed by atoms with Gasteiger partial charge in [0.1, 0.15) is 11.6 Å². The van der Waals surface area contributed by atoms with E-state index in [1.54, 1.807) is 17.9 Å². The van der Waals surface area contributed by atoms with Gasteiger partial charge in [-0.05, 0) is 24.6 Å². The van der Waals surface area contributed by atoms with Crippen LogP contribution < -0.4 is 10.5 Å². The second-order valence-electron chi connectivity index (χ2n) is 5.68. The van der Waals surface area contributed by atoms with Crippen molar-refractivity contribution in [3.8, 4) is 17.3 Å². The normalized spacial score (nSPS) is 11.1. The van der Waals surface area contributed by atoms with Gasteiger partial charge in [-0.1, -0.05) is 17.3 Å². The lowest BCUT2D eigenvalue weighted by Crippen LogP contribution is -2.00. The third-order valence-electron chi connectivity index (χ3n) is 3.78. The summed E-state index contributed by atoms with van der Waals surface area (Å²) in [5.41, 5.74) is 8.39. The highest BCUT2D eigenvalue weighted by Crippen LogP contribution is 2.23. The van der Waals surface area contributed by atoms with Gasteiger partial charge in [0.25, 0.3) is 0 Å². The molecule has 0 atom stereocenters. The molecule has 0 unspecified atom stereocenters. The Bertz CT molecular complexity index is 1050. The number of hydrogen-bond donors (Lipinski definition) is 1. The minimum atomic E-state index is 0.353. The Morgan fingerprint density at radius 2 is 2.12 bits per heavy atom. The van der Waals surface area contributed by atoms with Gasteiger partial charge in [-0.2, -0.15) is 5.10 Å². The summed E-state index contributed by atoms with van der Waals surface area (Å²) in [6.45, 7) is 2.40. The van der Waals surface area contributed by atoms with Crippen molar-refractivity contribution < 1.29 is 9.26 Å². The van der Waals surface area contributed by atoms with Gasteiger partial charge in [0.15, 0.2) is 5.65 Å². The fourth-order valence-corrected chi connectivity index (χ4v) is 2.59. The van der Waals surface area contributed by atoms with Crippen molar-refractivity contribution >= 4 is 16.9 Å². The van der Waals surface area contributed by atoms with Crippen LogP contribution in [0.1, 0.15) is 11.3 Å². The maximum absolute atomic E-state index is 6.07. The summed E-state index contributed by atoms with van der Waals surface area (Å²) in [6, 6.07) is 9.57. The van der Waals surface area contributed by atoms with Crippen LogP contribution in [0.3, 0.4) is 0 Å². The number of methoxy groups -OCH3 is 1. The van der Waals surface area contributed by atoms with Crippen molar-refractivity contribution in [3.05, 3.63) is 47.8 Å². The zero-order valence-corrected chi connectivity index (χ0v) is 13.8. The van der Waals surface area contributed by atoms with Crippen molar-refractivity contribution in [1.82, 2.24) is 24.9 Å². The first-order chi connectivity index (χ1) is 12.1. The topological polar surface area (TPSA) is 105 Å². The third-order valence-corrected chi connectivity index (χ3v) is 3.78. The molecule has 4 aromatic rings. The second-order valence-corrected chi connectivity index (χ2v) is 5.68. The largest absolute Gasteiger partial charge is 0.497 e. The average Bonchev–Trinajstić information content (AvgIpc) is 3.21. The summed E-state index contributed by atoms with van der Waals surface area (Å²) in [5, 5.41) is 9.04. The van der Waals surface area contributed by atoms with E-state index in [9.17, 15) is 0 Å². The molecule has 0 saturated heterocycles. The Morgan fingerprint density at radius 3 is 2.88 bits per heavy atom. The maximum Gasteiger partial charge on any atom is 0.204 e. The quantitative estimate of drug-likeness (QED) is 0.610. The predicted molar refractivity (Wildman–Crippen MR) is 92.1 cm³/mol. The first-order valence-corrected chi connectivity index (χ1v) is 7.69. The average molecular weight is 336 g/mol. The van der Waals surface area contributed by atoms with Crippen molar-refractivity contribution in [2.24, 2.45) is 0 Å². The third kappa shape index (κ3) is 2.89. The number of anilines is 1. The highest BCUT2D eigenvalue weighted by molar-refractivity contribution is 5.86. The molecule has 8 heteroatoms. The van der Waals surface area contributed by atoms with Gasteiger partial charge in [-0.3, -0.25) is 4.68 Å². The van der Waals surface area contributed by atoms with E-state index in [0.717, 1.165) is 17.0 Å². The molecule has 3 heterocycles. The molecule has 3 aromatic heterocycles. The number of benzene rings is 1. The highest BCUT2D eigenvalue weighted by atomic mass is 16.5. The molecule has 4 rings (SSSR count). The number of ether oxygens (including phenoxy) is 1. The standard InChI is InChI=1S/C17H16N6O2/c1-10-6-14(25-22-10)17-19-15(18)13-9-23(21-16(13)20-17)8-11-4-3-5-12(7-11)24-2/h3-7,9H,8H2,1-2H3,(H2,18,19,20,21). The number of nitrogens with two attached hydrogens (primary N) is 1. The van der Waals surface area contributed by atoms with Crippen molar-refractivity contribution in [2.45, 2.75) is 13.5 Å². The van der Waals surface area contributed by atoms with Gasteiger partial charge in [0.2, 0.25) is 11.6 Å². The second kappa shape index (κ2) is 5.90. The van der Waals surface area contributed by atoms with Gasteiger partial charge in [-0.15, -0.1) is 0 Å². The van der Waals surface area contributed by atoms with Crippen LogP contribution in [0.15, 0.2) is 41.1 Å². The molecule has 0 aliphatic rings. The van der Waals surface area contributed by atoms with E-state index >= 15 is 0 Å². The maximum atomic E-state index is 6.07. The van der Waals surface area contributed by atoms with Crippen LogP contribution in [0.5, 0.6) is 5.75 Å². The Labute approximate surface area is 143 Å². The summed E-state index contributed by atoms with van der Waals surface area (Å²) in [5.74, 6) is 1.99. The number of rotatable bonds is 4. The summed E-state index contributed by atoms with van der Waals surface area (Å²) in [4.78, 5) is 8.73. The number of hydrogen-bond acceptors (Lipinski definition) is 7. The fraction of sp³-hybridized carbons (Fsp3) is 0.176. The van der Waals surface area contributed by atoms with E-state index in [1.165, 1.54) is 0 Å². The lowest BCUT2D eigenvalue weighted by molar-refractivity contribution is 0.414. The van der Waals surface area contributed by atoms with Crippen LogP contribution in [-0.4, -0.2) is 32.0 Å². The Kier molecular flexibility index (Phi) is 3.57. The molecule has 0 aliphatic heterocycles. The van der Waals surface area contributed by atoms with E-state index in [4.69, 9.17) is 15.0 Å². The Morgan fingerprint density at radius 1 is 1.24 bits per heavy atom. The molecule has 0 spiro atoms. The van der Waals surface area contributed by atoms with E-state index in [0.29, 0.717) is 35.0 Å². The molecule has 0 fully saturated rings. The summed E-state index contributed by atoms with van der Waals surface area (Å²) in [7, 11) is 1.64.